The number of pyridine rings is 2. The zero-order valence-electron chi connectivity index (χ0n) is 18.9. The first-order valence-corrected chi connectivity index (χ1v) is 11.0. The molecular weight excluding hydrogens is 424 g/mol. The summed E-state index contributed by atoms with van der Waals surface area (Å²) in [5, 5.41) is 0.506. The van der Waals surface area contributed by atoms with Gasteiger partial charge in [0.2, 0.25) is 5.43 Å². The molecule has 5 aromatic rings. The Labute approximate surface area is 196 Å². The van der Waals surface area contributed by atoms with E-state index in [0.29, 0.717) is 17.5 Å². The first-order chi connectivity index (χ1) is 16.5. The first kappa shape index (κ1) is 21.4. The lowest BCUT2D eigenvalue weighted by Crippen LogP contribution is -2.21. The maximum absolute atomic E-state index is 13.5. The van der Waals surface area contributed by atoms with E-state index in [1.807, 2.05) is 66.9 Å². The van der Waals surface area contributed by atoms with Crippen LogP contribution in [0.5, 0.6) is 0 Å². The first-order valence-electron chi connectivity index (χ1n) is 11.0. The van der Waals surface area contributed by atoms with Crippen LogP contribution in [0.3, 0.4) is 0 Å². The average molecular weight is 447 g/mol. The van der Waals surface area contributed by atoms with Crippen LogP contribution >= 0.6 is 0 Å². The van der Waals surface area contributed by atoms with Crippen molar-refractivity contribution >= 4 is 16.7 Å². The second-order valence-corrected chi connectivity index (χ2v) is 8.23. The normalized spacial score (nSPS) is 11.0. The molecule has 0 bridgehead atoms. The molecule has 0 unspecified atom stereocenters. The van der Waals surface area contributed by atoms with E-state index in [2.05, 4.69) is 9.97 Å². The molecule has 6 heteroatoms. The summed E-state index contributed by atoms with van der Waals surface area (Å²) in [5.74, 6) is -0.270. The van der Waals surface area contributed by atoms with E-state index < -0.39 is 0 Å². The molecule has 0 saturated carbocycles. The standard InChI is InChI=1S/C28H22N4O2/c1-18-7-5-10-22(19(18)2)27(33)24-16-32(26-12-4-3-9-23(26)28(24)34)15-21-8-6-11-25(31-21)20-13-29-17-30-14-20/h3-14,16-17H,15H2,1-2H3. The van der Waals surface area contributed by atoms with Gasteiger partial charge in [0.15, 0.2) is 5.78 Å². The Balaban J connectivity index is 1.63. The molecule has 0 amide bonds. The van der Waals surface area contributed by atoms with Gasteiger partial charge in [0.25, 0.3) is 0 Å². The third-order valence-electron chi connectivity index (χ3n) is 6.08. The van der Waals surface area contributed by atoms with Gasteiger partial charge in [-0.3, -0.25) is 14.6 Å². The number of fused-ring (bicyclic) bond motifs is 1. The minimum Gasteiger partial charge on any atom is -0.340 e. The quantitative estimate of drug-likeness (QED) is 0.364. The van der Waals surface area contributed by atoms with Crippen molar-refractivity contribution in [1.82, 2.24) is 19.5 Å². The minimum absolute atomic E-state index is 0.153. The van der Waals surface area contributed by atoms with Gasteiger partial charge in [0, 0.05) is 35.1 Å². The lowest BCUT2D eigenvalue weighted by atomic mass is 9.96. The number of carbonyl (C=O) groups excluding carboxylic acids is 1. The number of para-hydroxylation sites is 1. The largest absolute Gasteiger partial charge is 0.340 e. The molecule has 0 radical (unpaired) electrons. The monoisotopic (exact) mass is 446 g/mol. The molecule has 34 heavy (non-hydrogen) atoms. The van der Waals surface area contributed by atoms with Crippen molar-refractivity contribution in [2.24, 2.45) is 0 Å². The molecule has 0 atom stereocenters. The van der Waals surface area contributed by atoms with E-state index in [0.717, 1.165) is 33.6 Å². The van der Waals surface area contributed by atoms with Gasteiger partial charge in [0.05, 0.1) is 29.0 Å². The highest BCUT2D eigenvalue weighted by Crippen LogP contribution is 2.20. The van der Waals surface area contributed by atoms with E-state index >= 15 is 0 Å². The summed E-state index contributed by atoms with van der Waals surface area (Å²) in [5.41, 5.74) is 5.45. The van der Waals surface area contributed by atoms with Crippen LogP contribution in [0.25, 0.3) is 22.2 Å². The number of benzene rings is 2. The summed E-state index contributed by atoms with van der Waals surface area (Å²) < 4.78 is 1.92. The summed E-state index contributed by atoms with van der Waals surface area (Å²) in [7, 11) is 0. The van der Waals surface area contributed by atoms with Crippen molar-refractivity contribution in [2.45, 2.75) is 20.4 Å². The number of ketones is 1. The van der Waals surface area contributed by atoms with Gasteiger partial charge in [0.1, 0.15) is 6.33 Å². The van der Waals surface area contributed by atoms with Gasteiger partial charge in [-0.2, -0.15) is 0 Å². The van der Waals surface area contributed by atoms with Crippen LogP contribution in [0.1, 0.15) is 32.7 Å². The van der Waals surface area contributed by atoms with Crippen LogP contribution in [-0.2, 0) is 6.54 Å². The van der Waals surface area contributed by atoms with Gasteiger partial charge in [-0.1, -0.05) is 36.4 Å². The predicted molar refractivity (Wildman–Crippen MR) is 132 cm³/mol. The van der Waals surface area contributed by atoms with Crippen LogP contribution in [0.2, 0.25) is 0 Å². The summed E-state index contributed by atoms with van der Waals surface area (Å²) in [6.45, 7) is 4.27. The number of hydrogen-bond donors (Lipinski definition) is 0. The molecule has 0 aliphatic rings. The van der Waals surface area contributed by atoms with Gasteiger partial charge in [-0.25, -0.2) is 9.97 Å². The van der Waals surface area contributed by atoms with E-state index in [1.165, 1.54) is 6.33 Å². The number of carbonyl (C=O) groups is 1. The highest BCUT2D eigenvalue weighted by atomic mass is 16.1. The maximum atomic E-state index is 13.5. The Morgan fingerprint density at radius 1 is 0.882 bits per heavy atom. The zero-order chi connectivity index (χ0) is 23.7. The lowest BCUT2D eigenvalue weighted by Gasteiger charge is -2.14. The fourth-order valence-corrected chi connectivity index (χ4v) is 4.11. The van der Waals surface area contributed by atoms with Crippen molar-refractivity contribution in [3.05, 3.63) is 124 Å². The van der Waals surface area contributed by atoms with E-state index in [4.69, 9.17) is 4.98 Å². The third-order valence-corrected chi connectivity index (χ3v) is 6.08. The molecular formula is C28H22N4O2. The third kappa shape index (κ3) is 3.90. The SMILES string of the molecule is Cc1cccc(C(=O)c2cn(Cc3cccc(-c4cncnc4)n3)c3ccccc3c2=O)c1C. The van der Waals surface area contributed by atoms with E-state index in [-0.39, 0.29) is 16.8 Å². The molecule has 0 fully saturated rings. The van der Waals surface area contributed by atoms with E-state index in [9.17, 15) is 9.59 Å². The smallest absolute Gasteiger partial charge is 0.200 e. The Bertz CT molecular complexity index is 1590. The topological polar surface area (TPSA) is 77.7 Å². The Hall–Kier alpha value is -4.45. The molecule has 6 nitrogen and oxygen atoms in total. The number of aryl methyl sites for hydroxylation is 1. The molecule has 0 saturated heterocycles. The second-order valence-electron chi connectivity index (χ2n) is 8.23. The molecule has 0 N–H and O–H groups in total. The number of aromatic nitrogens is 4. The van der Waals surface area contributed by atoms with Crippen LogP contribution in [0.15, 0.2) is 90.4 Å². The number of hydrogen-bond acceptors (Lipinski definition) is 5. The van der Waals surface area contributed by atoms with Crippen molar-refractivity contribution in [3.63, 3.8) is 0 Å². The van der Waals surface area contributed by atoms with Crippen LogP contribution in [0.4, 0.5) is 0 Å². The molecule has 3 aromatic heterocycles. The van der Waals surface area contributed by atoms with Gasteiger partial charge >= 0.3 is 0 Å². The summed E-state index contributed by atoms with van der Waals surface area (Å²) in [6, 6.07) is 18.7. The highest BCUT2D eigenvalue weighted by molar-refractivity contribution is 6.11. The van der Waals surface area contributed by atoms with Crippen molar-refractivity contribution in [3.8, 4) is 11.3 Å². The molecule has 0 aliphatic heterocycles. The molecule has 166 valence electrons. The van der Waals surface area contributed by atoms with Crippen LogP contribution in [-0.4, -0.2) is 25.3 Å². The summed E-state index contributed by atoms with van der Waals surface area (Å²) in [6.07, 6.45) is 6.58. The van der Waals surface area contributed by atoms with Crippen molar-refractivity contribution < 1.29 is 4.79 Å². The van der Waals surface area contributed by atoms with Crippen molar-refractivity contribution in [2.75, 3.05) is 0 Å². The molecule has 5 rings (SSSR count). The maximum Gasteiger partial charge on any atom is 0.200 e. The van der Waals surface area contributed by atoms with Crippen LogP contribution in [0, 0.1) is 13.8 Å². The second kappa shape index (κ2) is 8.83. The predicted octanol–water partition coefficient (Wildman–Crippen LogP) is 4.75. The van der Waals surface area contributed by atoms with Gasteiger partial charge < -0.3 is 4.57 Å². The summed E-state index contributed by atoms with van der Waals surface area (Å²) >= 11 is 0. The average Bonchev–Trinajstić information content (AvgIpc) is 2.88. The van der Waals surface area contributed by atoms with Gasteiger partial charge in [-0.15, -0.1) is 0 Å². The number of rotatable bonds is 5. The van der Waals surface area contributed by atoms with E-state index in [1.54, 1.807) is 30.7 Å². The fraction of sp³-hybridized carbons (Fsp3) is 0.107. The molecule has 2 aromatic carbocycles. The molecule has 3 heterocycles. The van der Waals surface area contributed by atoms with Gasteiger partial charge in [-0.05, 0) is 49.2 Å². The lowest BCUT2D eigenvalue weighted by molar-refractivity contribution is 0.103. The van der Waals surface area contributed by atoms with Crippen LogP contribution < -0.4 is 5.43 Å². The molecule has 0 aliphatic carbocycles. The Morgan fingerprint density at radius 3 is 2.47 bits per heavy atom. The molecule has 0 spiro atoms. The number of nitrogens with zero attached hydrogens (tertiary/aromatic N) is 4. The highest BCUT2D eigenvalue weighted by Gasteiger charge is 2.19. The minimum atomic E-state index is -0.270. The Kier molecular flexibility index (Phi) is 5.55. The zero-order valence-corrected chi connectivity index (χ0v) is 18.9. The Morgan fingerprint density at radius 2 is 1.65 bits per heavy atom. The summed E-state index contributed by atoms with van der Waals surface area (Å²) in [4.78, 5) is 39.7. The van der Waals surface area contributed by atoms with Crippen molar-refractivity contribution in [1.29, 1.82) is 0 Å². The fourth-order valence-electron chi connectivity index (χ4n) is 4.11.